The fraction of sp³-hybridized carbons (Fsp3) is 0.364. The first-order chi connectivity index (χ1) is 14.8. The van der Waals surface area contributed by atoms with Crippen LogP contribution in [0.2, 0.25) is 0 Å². The number of aryl methyl sites for hydroxylation is 2. The number of carbonyl (C=O) groups is 1. The molecule has 164 valence electrons. The van der Waals surface area contributed by atoms with Gasteiger partial charge in [-0.1, -0.05) is 30.3 Å². The second-order valence-corrected chi connectivity index (χ2v) is 10.5. The van der Waals surface area contributed by atoms with E-state index >= 15 is 0 Å². The molecule has 31 heavy (non-hydrogen) atoms. The lowest BCUT2D eigenvalue weighted by atomic mass is 10.1. The van der Waals surface area contributed by atoms with Gasteiger partial charge in [0.1, 0.15) is 14.8 Å². The Morgan fingerprint density at radius 3 is 2.58 bits per heavy atom. The fourth-order valence-corrected chi connectivity index (χ4v) is 5.88. The van der Waals surface area contributed by atoms with E-state index in [2.05, 4.69) is 9.71 Å². The van der Waals surface area contributed by atoms with E-state index < -0.39 is 10.0 Å². The number of piperidine rings is 1. The summed E-state index contributed by atoms with van der Waals surface area (Å²) >= 11 is 1.32. The van der Waals surface area contributed by atoms with Crippen molar-refractivity contribution in [3.05, 3.63) is 58.7 Å². The molecule has 2 aromatic heterocycles. The summed E-state index contributed by atoms with van der Waals surface area (Å²) in [7, 11) is -1.89. The number of amides is 1. The summed E-state index contributed by atoms with van der Waals surface area (Å²) in [6, 6.07) is 11.0. The molecule has 4 rings (SSSR count). The zero-order chi connectivity index (χ0) is 22.0. The second kappa shape index (κ2) is 8.94. The average molecular weight is 459 g/mol. The second-order valence-electron chi connectivity index (χ2n) is 7.77. The van der Waals surface area contributed by atoms with Crippen LogP contribution in [0.4, 0.5) is 0 Å². The van der Waals surface area contributed by atoms with Crippen molar-refractivity contribution in [1.82, 2.24) is 19.2 Å². The van der Waals surface area contributed by atoms with Gasteiger partial charge < -0.3 is 9.47 Å². The van der Waals surface area contributed by atoms with Crippen molar-refractivity contribution < 1.29 is 13.2 Å². The van der Waals surface area contributed by atoms with Gasteiger partial charge in [0.2, 0.25) is 10.0 Å². The monoisotopic (exact) mass is 458 g/mol. The third kappa shape index (κ3) is 4.73. The quantitative estimate of drug-likeness (QED) is 0.612. The molecule has 1 aromatic carbocycles. The van der Waals surface area contributed by atoms with Gasteiger partial charge >= 0.3 is 0 Å². The summed E-state index contributed by atoms with van der Waals surface area (Å²) < 4.78 is 30.0. The highest BCUT2D eigenvalue weighted by atomic mass is 32.2. The van der Waals surface area contributed by atoms with Gasteiger partial charge in [-0.15, -0.1) is 11.3 Å². The Kier molecular flexibility index (Phi) is 6.27. The van der Waals surface area contributed by atoms with Crippen LogP contribution < -0.4 is 4.72 Å². The fourth-order valence-electron chi connectivity index (χ4n) is 3.70. The molecule has 1 N–H and O–H groups in total. The number of rotatable bonds is 6. The van der Waals surface area contributed by atoms with Crippen molar-refractivity contribution in [1.29, 1.82) is 0 Å². The summed E-state index contributed by atoms with van der Waals surface area (Å²) in [4.78, 5) is 20.2. The van der Waals surface area contributed by atoms with Gasteiger partial charge in [-0.3, -0.25) is 4.79 Å². The standard InChI is InChI=1S/C22H26N4O3S2/c1-16-20(22(27)26-11-7-4-8-12-26)30-21(24-16)19-13-18(15-25(19)2)31(28,29)23-14-17-9-5-3-6-10-17/h3,5-6,9-10,13,15,23H,4,7-8,11-12,14H2,1-2H3. The Morgan fingerprint density at radius 2 is 1.87 bits per heavy atom. The first kappa shape index (κ1) is 21.7. The van der Waals surface area contributed by atoms with Gasteiger partial charge in [-0.05, 0) is 37.8 Å². The third-order valence-corrected chi connectivity index (χ3v) is 7.99. The van der Waals surface area contributed by atoms with Crippen LogP contribution in [0.5, 0.6) is 0 Å². The maximum absolute atomic E-state index is 12.9. The Bertz CT molecular complexity index is 1180. The number of benzene rings is 1. The molecule has 1 fully saturated rings. The van der Waals surface area contributed by atoms with Crippen LogP contribution in [0.3, 0.4) is 0 Å². The van der Waals surface area contributed by atoms with Gasteiger partial charge in [0, 0.05) is 32.9 Å². The molecular weight excluding hydrogens is 432 g/mol. The van der Waals surface area contributed by atoms with Gasteiger partial charge in [0.25, 0.3) is 5.91 Å². The third-order valence-electron chi connectivity index (χ3n) is 5.45. The number of hydrogen-bond acceptors (Lipinski definition) is 5. The largest absolute Gasteiger partial charge is 0.347 e. The normalized spacial score (nSPS) is 14.7. The SMILES string of the molecule is Cc1nc(-c2cc(S(=O)(=O)NCc3ccccc3)cn2C)sc1C(=O)N1CCCCC1. The van der Waals surface area contributed by atoms with E-state index in [1.54, 1.807) is 23.9 Å². The van der Waals surface area contributed by atoms with E-state index in [1.165, 1.54) is 11.3 Å². The van der Waals surface area contributed by atoms with Crippen LogP contribution in [0.25, 0.3) is 10.7 Å². The molecule has 0 unspecified atom stereocenters. The van der Waals surface area contributed by atoms with Gasteiger partial charge in [-0.25, -0.2) is 18.1 Å². The molecule has 0 aliphatic carbocycles. The molecule has 3 aromatic rings. The molecule has 0 bridgehead atoms. The number of sulfonamides is 1. The first-order valence-corrected chi connectivity index (χ1v) is 12.6. The Balaban J connectivity index is 1.55. The summed E-state index contributed by atoms with van der Waals surface area (Å²) in [6.45, 7) is 3.62. The summed E-state index contributed by atoms with van der Waals surface area (Å²) in [5.74, 6) is 0.0209. The first-order valence-electron chi connectivity index (χ1n) is 10.3. The van der Waals surface area contributed by atoms with Crippen LogP contribution in [-0.4, -0.2) is 41.9 Å². The van der Waals surface area contributed by atoms with Crippen LogP contribution >= 0.6 is 11.3 Å². The molecule has 0 spiro atoms. The van der Waals surface area contributed by atoms with E-state index in [0.29, 0.717) is 21.3 Å². The number of hydrogen-bond donors (Lipinski definition) is 1. The Morgan fingerprint density at radius 1 is 1.16 bits per heavy atom. The van der Waals surface area contributed by atoms with Gasteiger partial charge in [0.05, 0.1) is 11.4 Å². The number of nitrogens with zero attached hydrogens (tertiary/aromatic N) is 3. The van der Waals surface area contributed by atoms with Crippen molar-refractivity contribution in [2.45, 2.75) is 37.6 Å². The minimum absolute atomic E-state index is 0.0209. The average Bonchev–Trinajstić information content (AvgIpc) is 3.36. The lowest BCUT2D eigenvalue weighted by Gasteiger charge is -2.26. The highest BCUT2D eigenvalue weighted by molar-refractivity contribution is 7.89. The number of aromatic nitrogens is 2. The smallest absolute Gasteiger partial charge is 0.265 e. The number of carbonyl (C=O) groups excluding carboxylic acids is 1. The molecule has 1 amide bonds. The van der Waals surface area contributed by atoms with Gasteiger partial charge in [0.15, 0.2) is 0 Å². The molecule has 0 saturated carbocycles. The van der Waals surface area contributed by atoms with E-state index in [1.807, 2.05) is 42.2 Å². The van der Waals surface area contributed by atoms with Crippen LogP contribution in [0.1, 0.15) is 40.2 Å². The molecule has 3 heterocycles. The predicted octanol–water partition coefficient (Wildman–Crippen LogP) is 3.56. The van der Waals surface area contributed by atoms with Crippen LogP contribution in [0, 0.1) is 6.92 Å². The van der Waals surface area contributed by atoms with Crippen molar-refractivity contribution in [2.75, 3.05) is 13.1 Å². The molecule has 0 atom stereocenters. The van der Waals surface area contributed by atoms with E-state index in [9.17, 15) is 13.2 Å². The maximum Gasteiger partial charge on any atom is 0.265 e. The summed E-state index contributed by atoms with van der Waals surface area (Å²) in [6.07, 6.45) is 4.80. The predicted molar refractivity (Wildman–Crippen MR) is 121 cm³/mol. The Hall–Kier alpha value is -2.49. The highest BCUT2D eigenvalue weighted by Gasteiger charge is 2.25. The molecule has 1 aliphatic heterocycles. The zero-order valence-electron chi connectivity index (χ0n) is 17.7. The van der Waals surface area contributed by atoms with Crippen molar-refractivity contribution in [3.63, 3.8) is 0 Å². The number of likely N-dealkylation sites (tertiary alicyclic amines) is 1. The lowest BCUT2D eigenvalue weighted by Crippen LogP contribution is -2.35. The van der Waals surface area contributed by atoms with E-state index in [-0.39, 0.29) is 17.3 Å². The number of nitrogens with one attached hydrogen (secondary N) is 1. The molecule has 1 aliphatic rings. The molecule has 7 nitrogen and oxygen atoms in total. The van der Waals surface area contributed by atoms with Crippen LogP contribution in [0.15, 0.2) is 47.5 Å². The number of thiazole rings is 1. The van der Waals surface area contributed by atoms with E-state index in [4.69, 9.17) is 0 Å². The minimum Gasteiger partial charge on any atom is -0.347 e. The van der Waals surface area contributed by atoms with Crippen molar-refractivity contribution >= 4 is 27.3 Å². The highest BCUT2D eigenvalue weighted by Crippen LogP contribution is 2.31. The topological polar surface area (TPSA) is 84.3 Å². The van der Waals surface area contributed by atoms with Crippen molar-refractivity contribution in [2.24, 2.45) is 7.05 Å². The summed E-state index contributed by atoms with van der Waals surface area (Å²) in [5.41, 5.74) is 2.24. The molecule has 9 heteroatoms. The minimum atomic E-state index is -3.67. The molecule has 1 saturated heterocycles. The molecule has 0 radical (unpaired) electrons. The zero-order valence-corrected chi connectivity index (χ0v) is 19.3. The van der Waals surface area contributed by atoms with Crippen LogP contribution in [-0.2, 0) is 23.6 Å². The maximum atomic E-state index is 12.9. The van der Waals surface area contributed by atoms with Gasteiger partial charge in [-0.2, -0.15) is 0 Å². The van der Waals surface area contributed by atoms with Crippen molar-refractivity contribution in [3.8, 4) is 10.7 Å². The molecular formula is C22H26N4O3S2. The van der Waals surface area contributed by atoms with E-state index in [0.717, 1.165) is 37.9 Å². The Labute approximate surface area is 186 Å². The lowest BCUT2D eigenvalue weighted by molar-refractivity contribution is 0.0728. The summed E-state index contributed by atoms with van der Waals surface area (Å²) in [5, 5.41) is 0.643.